The number of amides is 2. The van der Waals surface area contributed by atoms with Crippen molar-refractivity contribution in [2.75, 3.05) is 36.4 Å². The lowest BCUT2D eigenvalue weighted by molar-refractivity contribution is -0.143. The molecule has 9 nitrogen and oxygen atoms in total. The van der Waals surface area contributed by atoms with Gasteiger partial charge in [0.1, 0.15) is 6.33 Å². The zero-order chi connectivity index (χ0) is 26.9. The Bertz CT molecular complexity index is 1480. The second-order valence-corrected chi connectivity index (χ2v) is 9.12. The normalized spacial score (nSPS) is 14.1. The first-order valence-corrected chi connectivity index (χ1v) is 12.0. The molecule has 4 aromatic rings. The van der Waals surface area contributed by atoms with Crippen molar-refractivity contribution in [1.29, 1.82) is 0 Å². The Morgan fingerprint density at radius 2 is 1.71 bits per heavy atom. The van der Waals surface area contributed by atoms with Crippen molar-refractivity contribution in [3.05, 3.63) is 77.2 Å². The molecule has 1 N–H and O–H groups in total. The Morgan fingerprint density at radius 3 is 2.42 bits per heavy atom. The summed E-state index contributed by atoms with van der Waals surface area (Å²) in [4.78, 5) is 37.2. The van der Waals surface area contributed by atoms with Crippen LogP contribution < -0.4 is 10.2 Å². The van der Waals surface area contributed by atoms with Crippen LogP contribution >= 0.6 is 11.6 Å². The zero-order valence-electron chi connectivity index (χ0n) is 19.8. The van der Waals surface area contributed by atoms with Gasteiger partial charge in [0.15, 0.2) is 0 Å². The summed E-state index contributed by atoms with van der Waals surface area (Å²) in [6.45, 7) is 1.90. The number of halogens is 4. The van der Waals surface area contributed by atoms with E-state index in [4.69, 9.17) is 11.6 Å². The molecule has 196 valence electrons. The third-order valence-electron chi connectivity index (χ3n) is 6.17. The molecule has 1 aliphatic heterocycles. The van der Waals surface area contributed by atoms with Gasteiger partial charge in [-0.05, 0) is 42.0 Å². The van der Waals surface area contributed by atoms with Gasteiger partial charge in [0, 0.05) is 48.5 Å². The Morgan fingerprint density at radius 1 is 0.974 bits per heavy atom. The maximum atomic E-state index is 12.7. The number of pyridine rings is 1. The van der Waals surface area contributed by atoms with E-state index in [1.54, 1.807) is 18.3 Å². The van der Waals surface area contributed by atoms with Crippen LogP contribution in [0.1, 0.15) is 11.1 Å². The van der Waals surface area contributed by atoms with Crippen LogP contribution in [0, 0.1) is 0 Å². The number of carbonyl (C=O) groups excluding carboxylic acids is 2. The molecule has 0 saturated carbocycles. The van der Waals surface area contributed by atoms with Gasteiger partial charge in [0.25, 0.3) is 0 Å². The van der Waals surface area contributed by atoms with Crippen molar-refractivity contribution >= 4 is 46.0 Å². The van der Waals surface area contributed by atoms with E-state index in [1.165, 1.54) is 28.0 Å². The number of rotatable bonds is 4. The molecule has 0 radical (unpaired) electrons. The van der Waals surface area contributed by atoms with Crippen molar-refractivity contribution in [2.45, 2.75) is 12.7 Å². The fourth-order valence-electron chi connectivity index (χ4n) is 4.25. The second kappa shape index (κ2) is 10.3. The van der Waals surface area contributed by atoms with E-state index >= 15 is 0 Å². The number of alkyl halides is 3. The number of fused-ring (bicyclic) bond motifs is 1. The van der Waals surface area contributed by atoms with Crippen LogP contribution in [-0.2, 0) is 22.3 Å². The Balaban J connectivity index is 1.16. The van der Waals surface area contributed by atoms with E-state index in [-0.39, 0.29) is 12.5 Å². The van der Waals surface area contributed by atoms with Gasteiger partial charge >= 0.3 is 18.0 Å². The van der Waals surface area contributed by atoms with E-state index in [0.29, 0.717) is 36.8 Å². The fraction of sp³-hybridized carbons (Fsp3) is 0.240. The molecule has 13 heteroatoms. The molecule has 2 amide bonds. The number of carbonyl (C=O) groups is 2. The van der Waals surface area contributed by atoms with Crippen molar-refractivity contribution in [3.63, 3.8) is 0 Å². The molecular formula is C25H21ClF3N7O2. The highest BCUT2D eigenvalue weighted by Crippen LogP contribution is 2.30. The SMILES string of the molecule is O=C(Nc1ncn(Cc2ccc(C(F)(F)F)cc2)n1)C(=O)N1CCN(c2ccnc3cc(Cl)ccc23)CC1. The lowest BCUT2D eigenvalue weighted by atomic mass is 10.1. The maximum absolute atomic E-state index is 12.7. The van der Waals surface area contributed by atoms with Crippen LogP contribution in [0.25, 0.3) is 10.9 Å². The predicted molar refractivity (Wildman–Crippen MR) is 135 cm³/mol. The predicted octanol–water partition coefficient (Wildman–Crippen LogP) is 3.83. The fourth-order valence-corrected chi connectivity index (χ4v) is 4.41. The molecule has 2 aromatic carbocycles. The summed E-state index contributed by atoms with van der Waals surface area (Å²) in [5, 5.41) is 8.03. The molecule has 38 heavy (non-hydrogen) atoms. The number of hydrogen-bond donors (Lipinski definition) is 1. The standard InChI is InChI=1S/C25H21ClF3N7O2/c26-18-5-6-19-20(13-18)30-8-7-21(19)34-9-11-35(12-10-34)23(38)22(37)32-24-31-15-36(33-24)14-16-1-3-17(4-2-16)25(27,28)29/h1-8,13,15H,9-12,14H2,(H,32,33,37). The topological polar surface area (TPSA) is 96.2 Å². The van der Waals surface area contributed by atoms with Crippen LogP contribution in [0.5, 0.6) is 0 Å². The maximum Gasteiger partial charge on any atom is 0.416 e. The van der Waals surface area contributed by atoms with Crippen molar-refractivity contribution < 1.29 is 22.8 Å². The highest BCUT2D eigenvalue weighted by molar-refractivity contribution is 6.39. The minimum Gasteiger partial charge on any atom is -0.367 e. The second-order valence-electron chi connectivity index (χ2n) is 8.69. The van der Waals surface area contributed by atoms with Gasteiger partial charge in [-0.3, -0.25) is 19.9 Å². The smallest absolute Gasteiger partial charge is 0.367 e. The molecular weight excluding hydrogens is 523 g/mol. The van der Waals surface area contributed by atoms with Gasteiger partial charge in [0.05, 0.1) is 17.6 Å². The van der Waals surface area contributed by atoms with E-state index in [2.05, 4.69) is 25.3 Å². The average Bonchev–Trinajstić information content (AvgIpc) is 3.34. The third kappa shape index (κ3) is 5.54. The van der Waals surface area contributed by atoms with Gasteiger partial charge < -0.3 is 9.80 Å². The Hall–Kier alpha value is -4.19. The third-order valence-corrected chi connectivity index (χ3v) is 6.41. The molecule has 5 rings (SSSR count). The molecule has 0 spiro atoms. The number of nitrogens with one attached hydrogen (secondary N) is 1. The van der Waals surface area contributed by atoms with Crippen LogP contribution in [0.15, 0.2) is 61.1 Å². The van der Waals surface area contributed by atoms with Crippen molar-refractivity contribution in [1.82, 2.24) is 24.6 Å². The summed E-state index contributed by atoms with van der Waals surface area (Å²) in [7, 11) is 0. The van der Waals surface area contributed by atoms with E-state index < -0.39 is 23.6 Å². The van der Waals surface area contributed by atoms with Crippen molar-refractivity contribution in [3.8, 4) is 0 Å². The minimum absolute atomic E-state index is 0.0733. The van der Waals surface area contributed by atoms with Gasteiger partial charge in [-0.1, -0.05) is 23.7 Å². The molecule has 0 atom stereocenters. The van der Waals surface area contributed by atoms with Crippen LogP contribution in [0.3, 0.4) is 0 Å². The molecule has 1 fully saturated rings. The first kappa shape index (κ1) is 25.5. The number of piperazine rings is 1. The Kier molecular flexibility index (Phi) is 6.89. The number of nitrogens with zero attached hydrogens (tertiary/aromatic N) is 6. The molecule has 0 bridgehead atoms. The largest absolute Gasteiger partial charge is 0.416 e. The van der Waals surface area contributed by atoms with Crippen LogP contribution in [-0.4, -0.2) is 62.6 Å². The number of anilines is 2. The summed E-state index contributed by atoms with van der Waals surface area (Å²) < 4.78 is 39.5. The van der Waals surface area contributed by atoms with Gasteiger partial charge in [-0.15, -0.1) is 5.10 Å². The lowest BCUT2D eigenvalue weighted by Crippen LogP contribution is -2.51. The molecule has 0 unspecified atom stereocenters. The van der Waals surface area contributed by atoms with Crippen molar-refractivity contribution in [2.24, 2.45) is 0 Å². The van der Waals surface area contributed by atoms with Gasteiger partial charge in [-0.25, -0.2) is 9.67 Å². The molecule has 0 aliphatic carbocycles. The summed E-state index contributed by atoms with van der Waals surface area (Å²) in [6, 6.07) is 12.1. The zero-order valence-corrected chi connectivity index (χ0v) is 20.6. The van der Waals surface area contributed by atoms with Crippen LogP contribution in [0.2, 0.25) is 5.02 Å². The minimum atomic E-state index is -4.41. The highest BCUT2D eigenvalue weighted by atomic mass is 35.5. The summed E-state index contributed by atoms with van der Waals surface area (Å²) in [5.41, 5.74) is 1.58. The van der Waals surface area contributed by atoms with E-state index in [0.717, 1.165) is 28.7 Å². The first-order chi connectivity index (χ1) is 18.2. The van der Waals surface area contributed by atoms with Gasteiger partial charge in [-0.2, -0.15) is 13.2 Å². The quantitative estimate of drug-likeness (QED) is 0.393. The number of aromatic nitrogens is 4. The lowest BCUT2D eigenvalue weighted by Gasteiger charge is -2.36. The average molecular weight is 544 g/mol. The van der Waals surface area contributed by atoms with Crippen LogP contribution in [0.4, 0.5) is 24.8 Å². The number of hydrogen-bond acceptors (Lipinski definition) is 6. The summed E-state index contributed by atoms with van der Waals surface area (Å²) in [6.07, 6.45) is -1.38. The Labute approximate surface area is 219 Å². The summed E-state index contributed by atoms with van der Waals surface area (Å²) in [5.74, 6) is -1.64. The molecule has 3 heterocycles. The highest BCUT2D eigenvalue weighted by Gasteiger charge is 2.30. The van der Waals surface area contributed by atoms with E-state index in [1.807, 2.05) is 12.1 Å². The molecule has 2 aromatic heterocycles. The molecule has 1 aliphatic rings. The number of benzene rings is 2. The summed E-state index contributed by atoms with van der Waals surface area (Å²) >= 11 is 6.07. The molecule has 1 saturated heterocycles. The monoisotopic (exact) mass is 543 g/mol. The van der Waals surface area contributed by atoms with Gasteiger partial charge in [0.2, 0.25) is 5.95 Å². The van der Waals surface area contributed by atoms with E-state index in [9.17, 15) is 22.8 Å². The first-order valence-electron chi connectivity index (χ1n) is 11.6.